The molecule has 2 aromatic carbocycles. The molecule has 5 rings (SSSR count). The number of rotatable bonds is 7. The molecular formula is C29H36N2O2. The summed E-state index contributed by atoms with van der Waals surface area (Å²) in [5.74, 6) is 1.19. The van der Waals surface area contributed by atoms with Crippen LogP contribution in [0.25, 0.3) is 0 Å². The van der Waals surface area contributed by atoms with Gasteiger partial charge in [0, 0.05) is 31.5 Å². The summed E-state index contributed by atoms with van der Waals surface area (Å²) in [6, 6.07) is 12.9. The summed E-state index contributed by atoms with van der Waals surface area (Å²) in [5.41, 5.74) is 7.25. The van der Waals surface area contributed by atoms with Gasteiger partial charge in [-0.15, -0.1) is 0 Å². The Labute approximate surface area is 198 Å². The van der Waals surface area contributed by atoms with Gasteiger partial charge in [0.25, 0.3) is 0 Å². The van der Waals surface area contributed by atoms with E-state index >= 15 is 0 Å². The number of hydrogen-bond donors (Lipinski definition) is 0. The summed E-state index contributed by atoms with van der Waals surface area (Å²) in [6.45, 7) is 6.46. The number of piperidine rings is 1. The zero-order valence-electron chi connectivity index (χ0n) is 19.9. The van der Waals surface area contributed by atoms with Crippen molar-refractivity contribution in [2.75, 3.05) is 31.1 Å². The van der Waals surface area contributed by atoms with Crippen LogP contribution in [0, 0.1) is 12.8 Å². The Morgan fingerprint density at radius 2 is 1.76 bits per heavy atom. The molecule has 3 aliphatic heterocycles. The Morgan fingerprint density at radius 3 is 2.55 bits per heavy atom. The van der Waals surface area contributed by atoms with E-state index in [4.69, 9.17) is 0 Å². The smallest absolute Gasteiger partial charge is 0.227 e. The van der Waals surface area contributed by atoms with Crippen LogP contribution in [0.4, 0.5) is 5.69 Å². The van der Waals surface area contributed by atoms with Gasteiger partial charge >= 0.3 is 0 Å². The number of likely N-dealkylation sites (tertiary alicyclic amines) is 1. The zero-order chi connectivity index (χ0) is 22.8. The molecule has 3 heterocycles. The summed E-state index contributed by atoms with van der Waals surface area (Å²) in [5, 5.41) is 0. The highest BCUT2D eigenvalue weighted by molar-refractivity contribution is 6.01. The monoisotopic (exact) mass is 444 g/mol. The van der Waals surface area contributed by atoms with Crippen molar-refractivity contribution in [3.63, 3.8) is 0 Å². The van der Waals surface area contributed by atoms with E-state index in [1.807, 2.05) is 4.90 Å². The lowest BCUT2D eigenvalue weighted by atomic mass is 9.87. The van der Waals surface area contributed by atoms with Gasteiger partial charge in [-0.1, -0.05) is 24.3 Å². The molecule has 4 nitrogen and oxygen atoms in total. The van der Waals surface area contributed by atoms with Crippen molar-refractivity contribution in [1.82, 2.24) is 4.90 Å². The summed E-state index contributed by atoms with van der Waals surface area (Å²) in [6.07, 6.45) is 8.51. The fourth-order valence-corrected chi connectivity index (χ4v) is 5.96. The lowest BCUT2D eigenvalue weighted by Gasteiger charge is -2.35. The van der Waals surface area contributed by atoms with Gasteiger partial charge in [0.2, 0.25) is 5.91 Å². The van der Waals surface area contributed by atoms with Crippen molar-refractivity contribution in [2.24, 2.45) is 5.92 Å². The highest BCUT2D eigenvalue weighted by Crippen LogP contribution is 2.37. The maximum Gasteiger partial charge on any atom is 0.227 e. The number of carbonyl (C=O) groups is 2. The third kappa shape index (κ3) is 4.91. The van der Waals surface area contributed by atoms with Gasteiger partial charge in [0.05, 0.1) is 5.69 Å². The zero-order valence-corrected chi connectivity index (χ0v) is 19.9. The predicted molar refractivity (Wildman–Crippen MR) is 133 cm³/mol. The Hall–Kier alpha value is -2.46. The van der Waals surface area contributed by atoms with Crippen molar-refractivity contribution in [1.29, 1.82) is 0 Å². The molecule has 0 radical (unpaired) electrons. The van der Waals surface area contributed by atoms with Gasteiger partial charge in [0.15, 0.2) is 5.78 Å². The summed E-state index contributed by atoms with van der Waals surface area (Å²) in [4.78, 5) is 29.9. The van der Waals surface area contributed by atoms with E-state index in [1.165, 1.54) is 35.1 Å². The first-order chi connectivity index (χ1) is 16.1. The fourth-order valence-electron chi connectivity index (χ4n) is 5.96. The molecule has 33 heavy (non-hydrogen) atoms. The topological polar surface area (TPSA) is 40.6 Å². The molecule has 4 heteroatoms. The number of Topliss-reactive ketones (excluding diaryl/α,β-unsaturated/α-hetero) is 1. The summed E-state index contributed by atoms with van der Waals surface area (Å²) < 4.78 is 0. The molecule has 0 bridgehead atoms. The largest absolute Gasteiger partial charge is 0.312 e. The average molecular weight is 445 g/mol. The molecule has 1 amide bonds. The Bertz CT molecular complexity index is 1020. The van der Waals surface area contributed by atoms with Crippen LogP contribution in [0.3, 0.4) is 0 Å². The van der Waals surface area contributed by atoms with Crippen molar-refractivity contribution in [2.45, 2.75) is 64.7 Å². The predicted octanol–water partition coefficient (Wildman–Crippen LogP) is 5.14. The number of carbonyl (C=O) groups excluding carboxylic acids is 2. The third-order valence-corrected chi connectivity index (χ3v) is 8.04. The van der Waals surface area contributed by atoms with E-state index in [0.717, 1.165) is 69.5 Å². The number of hydrogen-bond acceptors (Lipinski definition) is 3. The van der Waals surface area contributed by atoms with Crippen LogP contribution in [0.15, 0.2) is 36.4 Å². The molecule has 1 saturated heterocycles. The third-order valence-electron chi connectivity index (χ3n) is 8.04. The minimum absolute atomic E-state index is 0.243. The fraction of sp³-hybridized carbons (Fsp3) is 0.517. The maximum absolute atomic E-state index is 13.1. The van der Waals surface area contributed by atoms with Gasteiger partial charge in [-0.05, 0) is 105 Å². The second-order valence-electron chi connectivity index (χ2n) is 10.2. The molecule has 0 N–H and O–H groups in total. The minimum Gasteiger partial charge on any atom is -0.312 e. The second kappa shape index (κ2) is 9.80. The number of nitrogens with zero attached hydrogens (tertiary/aromatic N) is 2. The normalized spacial score (nSPS) is 18.9. The van der Waals surface area contributed by atoms with E-state index in [-0.39, 0.29) is 11.7 Å². The van der Waals surface area contributed by atoms with Gasteiger partial charge < -0.3 is 9.80 Å². The maximum atomic E-state index is 13.1. The number of amides is 1. The summed E-state index contributed by atoms with van der Waals surface area (Å²) >= 11 is 0. The SMILES string of the molecule is Cc1ccccc1CCN1CCC(CCC(=O)c2cc3c4c(c2)CCC(=O)N4CCC3)CC1. The Balaban J connectivity index is 1.12. The lowest BCUT2D eigenvalue weighted by Crippen LogP contribution is -2.39. The van der Waals surface area contributed by atoms with E-state index < -0.39 is 0 Å². The van der Waals surface area contributed by atoms with Crippen LogP contribution in [0.2, 0.25) is 0 Å². The molecule has 0 aromatic heterocycles. The first-order valence-electron chi connectivity index (χ1n) is 12.8. The summed E-state index contributed by atoms with van der Waals surface area (Å²) in [7, 11) is 0. The van der Waals surface area contributed by atoms with E-state index in [2.05, 4.69) is 48.2 Å². The molecule has 3 aliphatic rings. The van der Waals surface area contributed by atoms with Crippen LogP contribution in [0.1, 0.15) is 71.1 Å². The van der Waals surface area contributed by atoms with Crippen molar-refractivity contribution >= 4 is 17.4 Å². The second-order valence-corrected chi connectivity index (χ2v) is 10.2. The van der Waals surface area contributed by atoms with Crippen LogP contribution in [-0.2, 0) is 24.1 Å². The Kier molecular flexibility index (Phi) is 6.64. The molecule has 0 aliphatic carbocycles. The molecule has 0 saturated carbocycles. The molecule has 0 unspecified atom stereocenters. The van der Waals surface area contributed by atoms with Gasteiger partial charge in [-0.25, -0.2) is 0 Å². The number of anilines is 1. The van der Waals surface area contributed by atoms with E-state index in [9.17, 15) is 9.59 Å². The first kappa shape index (κ1) is 22.3. The highest BCUT2D eigenvalue weighted by atomic mass is 16.2. The molecule has 0 spiro atoms. The quantitative estimate of drug-likeness (QED) is 0.556. The molecule has 0 atom stereocenters. The van der Waals surface area contributed by atoms with Crippen molar-refractivity contribution < 1.29 is 9.59 Å². The van der Waals surface area contributed by atoms with Crippen LogP contribution in [0.5, 0.6) is 0 Å². The molecular weight excluding hydrogens is 408 g/mol. The molecule has 174 valence electrons. The number of aryl methyl sites for hydroxylation is 3. The minimum atomic E-state index is 0.243. The van der Waals surface area contributed by atoms with Crippen molar-refractivity contribution in [3.8, 4) is 0 Å². The van der Waals surface area contributed by atoms with Crippen molar-refractivity contribution in [3.05, 3.63) is 64.2 Å². The molecule has 1 fully saturated rings. The van der Waals surface area contributed by atoms with Gasteiger partial charge in [0.1, 0.15) is 0 Å². The van der Waals surface area contributed by atoms with Crippen LogP contribution < -0.4 is 4.90 Å². The first-order valence-corrected chi connectivity index (χ1v) is 12.8. The van der Waals surface area contributed by atoms with Gasteiger partial charge in [-0.2, -0.15) is 0 Å². The van der Waals surface area contributed by atoms with E-state index in [0.29, 0.717) is 18.8 Å². The highest BCUT2D eigenvalue weighted by Gasteiger charge is 2.30. The Morgan fingerprint density at radius 1 is 1.00 bits per heavy atom. The standard InChI is InChI=1S/C29H36N2O2/c1-21-5-2-3-6-23(21)14-18-30-16-12-22(13-17-30)8-10-27(32)26-19-24-7-4-15-31-28(33)11-9-25(20-26)29(24)31/h2-3,5-6,19-20,22H,4,7-18H2,1H3. The lowest BCUT2D eigenvalue weighted by molar-refractivity contribution is -0.119. The van der Waals surface area contributed by atoms with Crippen LogP contribution in [-0.4, -0.2) is 42.8 Å². The molecule has 2 aromatic rings. The van der Waals surface area contributed by atoms with Crippen LogP contribution >= 0.6 is 0 Å². The average Bonchev–Trinajstić information content (AvgIpc) is 2.85. The number of benzene rings is 2. The van der Waals surface area contributed by atoms with E-state index in [1.54, 1.807) is 0 Å². The van der Waals surface area contributed by atoms with Gasteiger partial charge in [-0.3, -0.25) is 9.59 Å². The number of ketones is 1.